The minimum absolute atomic E-state index is 0.0649. The molecule has 0 atom stereocenters. The van der Waals surface area contributed by atoms with Crippen molar-refractivity contribution in [3.8, 4) is 5.75 Å². The molecule has 0 spiro atoms. The topological polar surface area (TPSA) is 96.5 Å². The van der Waals surface area contributed by atoms with Crippen LogP contribution in [-0.4, -0.2) is 31.4 Å². The molecule has 2 aromatic rings. The average molecular weight is 456 g/mol. The third-order valence-corrected chi connectivity index (χ3v) is 5.70. The number of anilines is 2. The van der Waals surface area contributed by atoms with Crippen molar-refractivity contribution >= 4 is 29.1 Å². The molecule has 176 valence electrons. The number of carbonyl (C=O) groups is 3. The van der Waals surface area contributed by atoms with E-state index < -0.39 is 5.82 Å². The number of halogens is 1. The molecule has 1 aliphatic rings. The Kier molecular flexibility index (Phi) is 8.80. The van der Waals surface area contributed by atoms with Crippen LogP contribution in [-0.2, 0) is 9.59 Å². The normalized spacial score (nSPS) is 13.8. The van der Waals surface area contributed by atoms with E-state index >= 15 is 0 Å². The molecular formula is C25H30FN3O4. The lowest BCUT2D eigenvalue weighted by Gasteiger charge is -2.21. The smallest absolute Gasteiger partial charge is 0.251 e. The molecule has 0 radical (unpaired) electrons. The minimum atomic E-state index is -0.543. The Morgan fingerprint density at radius 2 is 1.73 bits per heavy atom. The third kappa shape index (κ3) is 7.30. The number of nitrogens with one attached hydrogen (secondary N) is 3. The summed E-state index contributed by atoms with van der Waals surface area (Å²) < 4.78 is 19.2. The lowest BCUT2D eigenvalue weighted by molar-refractivity contribution is -0.120. The second kappa shape index (κ2) is 12.0. The van der Waals surface area contributed by atoms with Crippen molar-refractivity contribution < 1.29 is 23.5 Å². The van der Waals surface area contributed by atoms with Crippen molar-refractivity contribution in [3.05, 3.63) is 53.8 Å². The van der Waals surface area contributed by atoms with Crippen LogP contribution in [0.5, 0.6) is 5.75 Å². The lowest BCUT2D eigenvalue weighted by Crippen LogP contribution is -2.25. The maximum absolute atomic E-state index is 14.2. The summed E-state index contributed by atoms with van der Waals surface area (Å²) in [5.41, 5.74) is 0.979. The van der Waals surface area contributed by atoms with Crippen molar-refractivity contribution in [1.29, 1.82) is 0 Å². The van der Waals surface area contributed by atoms with Crippen molar-refractivity contribution in [2.45, 2.75) is 44.9 Å². The molecule has 2 aromatic carbocycles. The molecule has 0 unspecified atom stereocenters. The Morgan fingerprint density at radius 1 is 1.00 bits per heavy atom. The minimum Gasteiger partial charge on any atom is -0.497 e. The summed E-state index contributed by atoms with van der Waals surface area (Å²) in [4.78, 5) is 36.8. The maximum atomic E-state index is 14.2. The van der Waals surface area contributed by atoms with Crippen LogP contribution >= 0.6 is 0 Å². The van der Waals surface area contributed by atoms with Gasteiger partial charge in [0.25, 0.3) is 5.91 Å². The van der Waals surface area contributed by atoms with E-state index in [1.807, 2.05) is 0 Å². The van der Waals surface area contributed by atoms with Crippen LogP contribution in [0.3, 0.4) is 0 Å². The lowest BCUT2D eigenvalue weighted by atomic mass is 9.88. The summed E-state index contributed by atoms with van der Waals surface area (Å²) in [5, 5.41) is 8.14. The molecule has 1 aliphatic carbocycles. The molecule has 0 saturated heterocycles. The van der Waals surface area contributed by atoms with Crippen molar-refractivity contribution in [2.24, 2.45) is 5.92 Å². The summed E-state index contributed by atoms with van der Waals surface area (Å²) in [6, 6.07) is 10.9. The molecule has 0 heterocycles. The monoisotopic (exact) mass is 455 g/mol. The van der Waals surface area contributed by atoms with Gasteiger partial charge in [-0.05, 0) is 61.7 Å². The number of benzene rings is 2. The average Bonchev–Trinajstić information content (AvgIpc) is 2.84. The zero-order chi connectivity index (χ0) is 23.6. The first-order valence-corrected chi connectivity index (χ1v) is 11.3. The second-order valence-electron chi connectivity index (χ2n) is 8.15. The van der Waals surface area contributed by atoms with E-state index in [0.29, 0.717) is 30.0 Å². The van der Waals surface area contributed by atoms with Crippen LogP contribution in [0.2, 0.25) is 0 Å². The highest BCUT2D eigenvalue weighted by Crippen LogP contribution is 2.26. The van der Waals surface area contributed by atoms with Crippen LogP contribution in [0.4, 0.5) is 15.8 Å². The van der Waals surface area contributed by atoms with Gasteiger partial charge in [-0.15, -0.1) is 0 Å². The number of methoxy groups -OCH3 is 1. The highest BCUT2D eigenvalue weighted by molar-refractivity contribution is 5.95. The molecule has 33 heavy (non-hydrogen) atoms. The second-order valence-corrected chi connectivity index (χ2v) is 8.15. The van der Waals surface area contributed by atoms with Gasteiger partial charge >= 0.3 is 0 Å². The fraction of sp³-hybridized carbons (Fsp3) is 0.400. The summed E-state index contributed by atoms with van der Waals surface area (Å²) in [5.74, 6) is -0.631. The van der Waals surface area contributed by atoms with Crippen molar-refractivity contribution in [3.63, 3.8) is 0 Å². The summed E-state index contributed by atoms with van der Waals surface area (Å²) >= 11 is 0. The Balaban J connectivity index is 1.43. The first kappa shape index (κ1) is 24.2. The Labute approximate surface area is 193 Å². The van der Waals surface area contributed by atoms with E-state index in [1.165, 1.54) is 18.2 Å². The van der Waals surface area contributed by atoms with E-state index in [1.54, 1.807) is 31.4 Å². The van der Waals surface area contributed by atoms with Gasteiger partial charge in [-0.3, -0.25) is 14.4 Å². The molecule has 3 N–H and O–H groups in total. The van der Waals surface area contributed by atoms with Gasteiger partial charge in [0.1, 0.15) is 11.6 Å². The van der Waals surface area contributed by atoms with E-state index in [9.17, 15) is 18.8 Å². The largest absolute Gasteiger partial charge is 0.497 e. The molecule has 3 rings (SSSR count). The summed E-state index contributed by atoms with van der Waals surface area (Å²) in [6.07, 6.45) is 5.42. The number of hydrogen-bond donors (Lipinski definition) is 3. The highest BCUT2D eigenvalue weighted by atomic mass is 19.1. The molecule has 1 fully saturated rings. The van der Waals surface area contributed by atoms with Gasteiger partial charge < -0.3 is 20.7 Å². The van der Waals surface area contributed by atoms with Gasteiger partial charge in [0.15, 0.2) is 0 Å². The van der Waals surface area contributed by atoms with Crippen LogP contribution in [0, 0.1) is 11.7 Å². The van der Waals surface area contributed by atoms with Crippen molar-refractivity contribution in [2.75, 3.05) is 24.3 Å². The van der Waals surface area contributed by atoms with Gasteiger partial charge in [0.2, 0.25) is 11.8 Å². The Bertz CT molecular complexity index is 972. The van der Waals surface area contributed by atoms with Gasteiger partial charge in [-0.25, -0.2) is 4.39 Å². The molecule has 8 heteroatoms. The number of hydrogen-bond acceptors (Lipinski definition) is 4. The Morgan fingerprint density at radius 3 is 2.42 bits per heavy atom. The molecule has 0 aliphatic heterocycles. The summed E-state index contributed by atoms with van der Waals surface area (Å²) in [6.45, 7) is 0.338. The Hall–Kier alpha value is -3.42. The number of rotatable bonds is 9. The molecule has 3 amide bonds. The van der Waals surface area contributed by atoms with Crippen LogP contribution < -0.4 is 20.7 Å². The maximum Gasteiger partial charge on any atom is 0.251 e. The van der Waals surface area contributed by atoms with E-state index in [2.05, 4.69) is 16.0 Å². The predicted molar refractivity (Wildman–Crippen MR) is 125 cm³/mol. The summed E-state index contributed by atoms with van der Waals surface area (Å²) in [7, 11) is 1.56. The van der Waals surface area contributed by atoms with Gasteiger partial charge in [-0.1, -0.05) is 19.3 Å². The molecule has 0 aromatic heterocycles. The molecular weight excluding hydrogens is 425 g/mol. The first-order chi connectivity index (χ1) is 16.0. The van der Waals surface area contributed by atoms with Crippen LogP contribution in [0.25, 0.3) is 0 Å². The van der Waals surface area contributed by atoms with E-state index in [4.69, 9.17) is 4.74 Å². The van der Waals surface area contributed by atoms with Gasteiger partial charge in [-0.2, -0.15) is 0 Å². The van der Waals surface area contributed by atoms with Crippen LogP contribution in [0.1, 0.15) is 55.3 Å². The molecule has 1 saturated carbocycles. The predicted octanol–water partition coefficient (Wildman–Crippen LogP) is 4.50. The number of carbonyl (C=O) groups excluding carboxylic acids is 3. The standard InChI is InChI=1S/C25H30FN3O4/c1-33-20-12-9-18(10-13-20)24(31)27-15-5-8-23(30)28-19-11-14-21(26)22(16-19)29-25(32)17-6-3-2-4-7-17/h9-14,16-17H,2-8,15H2,1H3,(H,27,31)(H,28,30)(H,29,32). The molecule has 7 nitrogen and oxygen atoms in total. The van der Waals surface area contributed by atoms with Crippen LogP contribution in [0.15, 0.2) is 42.5 Å². The van der Waals surface area contributed by atoms with E-state index in [-0.39, 0.29) is 35.7 Å². The number of amides is 3. The fourth-order valence-electron chi connectivity index (χ4n) is 3.82. The number of ether oxygens (including phenoxy) is 1. The fourth-order valence-corrected chi connectivity index (χ4v) is 3.82. The first-order valence-electron chi connectivity index (χ1n) is 11.3. The van der Waals surface area contributed by atoms with Gasteiger partial charge in [0, 0.05) is 30.1 Å². The van der Waals surface area contributed by atoms with Gasteiger partial charge in [0.05, 0.1) is 12.8 Å². The van der Waals surface area contributed by atoms with Crippen molar-refractivity contribution in [1.82, 2.24) is 5.32 Å². The SMILES string of the molecule is COc1ccc(C(=O)NCCCC(=O)Nc2ccc(F)c(NC(=O)C3CCCCC3)c2)cc1. The quantitative estimate of drug-likeness (QED) is 0.485. The third-order valence-electron chi connectivity index (χ3n) is 5.70. The zero-order valence-electron chi connectivity index (χ0n) is 18.8. The van der Waals surface area contributed by atoms with E-state index in [0.717, 1.165) is 32.1 Å². The highest BCUT2D eigenvalue weighted by Gasteiger charge is 2.22. The zero-order valence-corrected chi connectivity index (χ0v) is 18.8. The molecule has 0 bridgehead atoms.